The van der Waals surface area contributed by atoms with E-state index in [1.54, 1.807) is 37.5 Å². The zero-order valence-corrected chi connectivity index (χ0v) is 16.6. The van der Waals surface area contributed by atoms with Gasteiger partial charge in [-0.25, -0.2) is 8.78 Å². The van der Waals surface area contributed by atoms with Crippen molar-refractivity contribution in [2.45, 2.75) is 32.6 Å². The molecule has 3 aromatic rings. The average molecular weight is 410 g/mol. The standard InChI is InChI=1S/C23H20F2N2O3/c1-3-23(24,25)17-6-4-5-15(11-17)12-19(28)21-14(2)26-27(22(21)29)18-8-7-16-9-10-30-20(16)13-18/h4-11,13,21H,3,12H2,1-2H3. The lowest BCUT2D eigenvalue weighted by atomic mass is 9.92. The van der Waals surface area contributed by atoms with E-state index in [0.717, 1.165) is 5.39 Å². The van der Waals surface area contributed by atoms with Crippen LogP contribution >= 0.6 is 0 Å². The van der Waals surface area contributed by atoms with Gasteiger partial charge in [-0.1, -0.05) is 25.1 Å². The highest BCUT2D eigenvalue weighted by atomic mass is 19.3. The van der Waals surface area contributed by atoms with Crippen molar-refractivity contribution in [1.29, 1.82) is 0 Å². The number of carbonyl (C=O) groups excluding carboxylic acids is 2. The summed E-state index contributed by atoms with van der Waals surface area (Å²) in [5, 5.41) is 6.35. The van der Waals surface area contributed by atoms with Crippen molar-refractivity contribution in [2.75, 3.05) is 5.01 Å². The number of carbonyl (C=O) groups is 2. The highest BCUT2D eigenvalue weighted by Crippen LogP contribution is 2.32. The van der Waals surface area contributed by atoms with E-state index in [4.69, 9.17) is 4.42 Å². The first-order chi connectivity index (χ1) is 14.3. The van der Waals surface area contributed by atoms with Crippen LogP contribution in [0.4, 0.5) is 14.5 Å². The van der Waals surface area contributed by atoms with Gasteiger partial charge in [0.15, 0.2) is 5.78 Å². The minimum atomic E-state index is -2.96. The molecule has 1 atom stereocenters. The maximum atomic E-state index is 14.0. The summed E-state index contributed by atoms with van der Waals surface area (Å²) in [5.74, 6) is -4.83. The molecule has 1 aliphatic heterocycles. The van der Waals surface area contributed by atoms with Crippen molar-refractivity contribution in [1.82, 2.24) is 0 Å². The number of ketones is 1. The topological polar surface area (TPSA) is 62.9 Å². The largest absolute Gasteiger partial charge is 0.464 e. The van der Waals surface area contributed by atoms with E-state index in [-0.39, 0.29) is 24.2 Å². The van der Waals surface area contributed by atoms with Crippen LogP contribution < -0.4 is 5.01 Å². The Labute approximate surface area is 172 Å². The Balaban J connectivity index is 1.55. The minimum absolute atomic E-state index is 0.123. The van der Waals surface area contributed by atoms with Gasteiger partial charge < -0.3 is 4.42 Å². The number of fused-ring (bicyclic) bond motifs is 1. The Hall–Kier alpha value is -3.35. The summed E-state index contributed by atoms with van der Waals surface area (Å²) in [6, 6.07) is 12.8. The van der Waals surface area contributed by atoms with Crippen molar-refractivity contribution < 1.29 is 22.8 Å². The Morgan fingerprint density at radius 2 is 2.00 bits per heavy atom. The molecule has 0 saturated heterocycles. The molecule has 1 aliphatic rings. The number of benzene rings is 2. The second-order valence-electron chi connectivity index (χ2n) is 7.37. The Morgan fingerprint density at radius 3 is 2.77 bits per heavy atom. The molecule has 0 spiro atoms. The lowest BCUT2D eigenvalue weighted by Crippen LogP contribution is -2.33. The molecule has 4 rings (SSSR count). The Morgan fingerprint density at radius 1 is 1.20 bits per heavy atom. The van der Waals surface area contributed by atoms with E-state index in [0.29, 0.717) is 22.5 Å². The van der Waals surface area contributed by atoms with Gasteiger partial charge in [0.05, 0.1) is 17.7 Å². The number of halogens is 2. The molecule has 30 heavy (non-hydrogen) atoms. The van der Waals surface area contributed by atoms with Gasteiger partial charge in [-0.15, -0.1) is 0 Å². The van der Waals surface area contributed by atoms with Crippen LogP contribution in [-0.4, -0.2) is 17.4 Å². The third kappa shape index (κ3) is 3.51. The lowest BCUT2D eigenvalue weighted by Gasteiger charge is -2.16. The molecule has 0 bridgehead atoms. The number of Topliss-reactive ketones (excluding diaryl/α,β-unsaturated/α-hetero) is 1. The second kappa shape index (κ2) is 7.48. The van der Waals surface area contributed by atoms with Crippen LogP contribution in [0.25, 0.3) is 11.0 Å². The van der Waals surface area contributed by atoms with Crippen LogP contribution in [0.2, 0.25) is 0 Å². The number of amides is 1. The number of nitrogens with zero attached hydrogens (tertiary/aromatic N) is 2. The zero-order chi connectivity index (χ0) is 21.5. The molecule has 1 amide bonds. The SMILES string of the molecule is CCC(F)(F)c1cccc(CC(=O)C2C(=O)N(c3ccc4ccoc4c3)N=C2C)c1. The van der Waals surface area contributed by atoms with Gasteiger partial charge in [0.25, 0.3) is 11.8 Å². The second-order valence-corrected chi connectivity index (χ2v) is 7.37. The third-order valence-electron chi connectivity index (χ3n) is 5.31. The number of hydrogen-bond donors (Lipinski definition) is 0. The van der Waals surface area contributed by atoms with Crippen molar-refractivity contribution in [3.63, 3.8) is 0 Å². The van der Waals surface area contributed by atoms with Gasteiger partial charge >= 0.3 is 0 Å². The zero-order valence-electron chi connectivity index (χ0n) is 16.6. The summed E-state index contributed by atoms with van der Waals surface area (Å²) in [4.78, 5) is 25.8. The summed E-state index contributed by atoms with van der Waals surface area (Å²) in [7, 11) is 0. The van der Waals surface area contributed by atoms with Gasteiger partial charge in [0.1, 0.15) is 11.5 Å². The van der Waals surface area contributed by atoms with Crippen LogP contribution in [0, 0.1) is 5.92 Å². The molecule has 0 fully saturated rings. The van der Waals surface area contributed by atoms with E-state index in [9.17, 15) is 18.4 Å². The van der Waals surface area contributed by atoms with Crippen molar-refractivity contribution in [3.05, 3.63) is 65.9 Å². The molecule has 0 aliphatic carbocycles. The summed E-state index contributed by atoms with van der Waals surface area (Å²) in [5.41, 5.74) is 1.80. The Bertz CT molecular complexity index is 1170. The van der Waals surface area contributed by atoms with Crippen LogP contribution in [0.1, 0.15) is 31.4 Å². The van der Waals surface area contributed by atoms with E-state index in [2.05, 4.69) is 5.10 Å². The van der Waals surface area contributed by atoms with Crippen molar-refractivity contribution >= 4 is 34.1 Å². The van der Waals surface area contributed by atoms with Gasteiger partial charge in [-0.05, 0) is 36.8 Å². The normalized spacial score (nSPS) is 16.9. The molecule has 0 radical (unpaired) electrons. The summed E-state index contributed by atoms with van der Waals surface area (Å²) in [6.45, 7) is 3.02. The van der Waals surface area contributed by atoms with E-state index in [1.165, 1.54) is 30.1 Å². The summed E-state index contributed by atoms with van der Waals surface area (Å²) < 4.78 is 33.3. The van der Waals surface area contributed by atoms with E-state index < -0.39 is 17.7 Å². The minimum Gasteiger partial charge on any atom is -0.464 e. The monoisotopic (exact) mass is 410 g/mol. The number of hydrogen-bond acceptors (Lipinski definition) is 4. The third-order valence-corrected chi connectivity index (χ3v) is 5.31. The number of rotatable bonds is 6. The number of hydrazone groups is 1. The fourth-order valence-corrected chi connectivity index (χ4v) is 3.61. The van der Waals surface area contributed by atoms with Crippen LogP contribution in [-0.2, 0) is 21.9 Å². The average Bonchev–Trinajstić information content (AvgIpc) is 3.31. The molecule has 5 nitrogen and oxygen atoms in total. The molecular formula is C23H20F2N2O3. The molecule has 154 valence electrons. The fraction of sp³-hybridized carbons (Fsp3) is 0.261. The molecule has 0 saturated carbocycles. The molecule has 2 heterocycles. The van der Waals surface area contributed by atoms with Crippen LogP contribution in [0.3, 0.4) is 0 Å². The highest BCUT2D eigenvalue weighted by Gasteiger charge is 2.39. The molecule has 1 aromatic heterocycles. The maximum absolute atomic E-state index is 14.0. The molecular weight excluding hydrogens is 390 g/mol. The van der Waals surface area contributed by atoms with Gasteiger partial charge in [-0.2, -0.15) is 10.1 Å². The lowest BCUT2D eigenvalue weighted by molar-refractivity contribution is -0.128. The molecule has 0 N–H and O–H groups in total. The van der Waals surface area contributed by atoms with Gasteiger partial charge in [-0.3, -0.25) is 9.59 Å². The summed E-state index contributed by atoms with van der Waals surface area (Å²) >= 11 is 0. The quantitative estimate of drug-likeness (QED) is 0.532. The Kier molecular flexibility index (Phi) is 4.97. The predicted octanol–water partition coefficient (Wildman–Crippen LogP) is 5.09. The maximum Gasteiger partial charge on any atom is 0.273 e. The number of anilines is 1. The first-order valence-corrected chi connectivity index (χ1v) is 9.66. The summed E-state index contributed by atoms with van der Waals surface area (Å²) in [6.07, 6.45) is 1.10. The smallest absolute Gasteiger partial charge is 0.273 e. The number of furan rings is 1. The van der Waals surface area contributed by atoms with Gasteiger partial charge in [0.2, 0.25) is 0 Å². The predicted molar refractivity (Wildman–Crippen MR) is 110 cm³/mol. The first kappa shape index (κ1) is 19.9. The fourth-order valence-electron chi connectivity index (χ4n) is 3.61. The van der Waals surface area contributed by atoms with E-state index >= 15 is 0 Å². The molecule has 1 unspecified atom stereocenters. The van der Waals surface area contributed by atoms with Crippen molar-refractivity contribution in [2.24, 2.45) is 11.0 Å². The first-order valence-electron chi connectivity index (χ1n) is 9.66. The van der Waals surface area contributed by atoms with Gasteiger partial charge in [0, 0.05) is 29.9 Å². The van der Waals surface area contributed by atoms with Crippen molar-refractivity contribution in [3.8, 4) is 0 Å². The number of alkyl halides is 2. The molecule has 2 aromatic carbocycles. The highest BCUT2D eigenvalue weighted by molar-refractivity contribution is 6.27. The molecule has 7 heteroatoms. The van der Waals surface area contributed by atoms with E-state index in [1.807, 2.05) is 6.07 Å². The van der Waals surface area contributed by atoms with Crippen LogP contribution in [0.5, 0.6) is 0 Å². The van der Waals surface area contributed by atoms with Crippen LogP contribution in [0.15, 0.2) is 64.3 Å².